The first-order valence-corrected chi connectivity index (χ1v) is 5.05. The number of ether oxygens (including phenoxy) is 1. The van der Waals surface area contributed by atoms with E-state index < -0.39 is 0 Å². The lowest BCUT2D eigenvalue weighted by atomic mass is 10.3. The quantitative estimate of drug-likeness (QED) is 0.745. The normalized spacial score (nSPS) is 10.2. The largest absolute Gasteiger partial charge is 0.504 e. The van der Waals surface area contributed by atoms with Crippen molar-refractivity contribution in [3.63, 3.8) is 0 Å². The van der Waals surface area contributed by atoms with Gasteiger partial charge in [0.2, 0.25) is 11.4 Å². The molecule has 0 amide bonds. The number of nitrogens with zero attached hydrogens (tertiary/aromatic N) is 1. The molecule has 3 nitrogen and oxygen atoms in total. The molecule has 0 saturated heterocycles. The highest BCUT2D eigenvalue weighted by Gasteiger charge is 2.15. The van der Waals surface area contributed by atoms with Crippen LogP contribution in [0.3, 0.4) is 0 Å². The number of aromatic nitrogens is 1. The van der Waals surface area contributed by atoms with E-state index in [1.54, 1.807) is 6.07 Å². The van der Waals surface area contributed by atoms with Crippen LogP contribution in [0.25, 0.3) is 0 Å². The van der Waals surface area contributed by atoms with Crippen LogP contribution < -0.4 is 9.30 Å². The van der Waals surface area contributed by atoms with Crippen molar-refractivity contribution in [3.05, 3.63) is 18.0 Å². The molecule has 1 N–H and O–H groups in total. The Hall–Kier alpha value is -1.25. The van der Waals surface area contributed by atoms with Crippen LogP contribution in [0, 0.1) is 6.92 Å². The molecule has 14 heavy (non-hydrogen) atoms. The van der Waals surface area contributed by atoms with E-state index >= 15 is 0 Å². The van der Waals surface area contributed by atoms with Gasteiger partial charge in [0.1, 0.15) is 6.54 Å². The van der Waals surface area contributed by atoms with E-state index in [1.807, 2.05) is 24.6 Å². The summed E-state index contributed by atoms with van der Waals surface area (Å²) in [7, 11) is 0. The standard InChI is InChI=1S/C11H17NO2/c1-4-8-14-11-9(3)12(5-2)7-6-10(11)13/h6-7H,4-5,8H2,1-3H3/p+1. The number of aryl methyl sites for hydroxylation is 1. The lowest BCUT2D eigenvalue weighted by Gasteiger charge is -2.08. The van der Waals surface area contributed by atoms with Gasteiger partial charge < -0.3 is 9.84 Å². The third-order valence-electron chi connectivity index (χ3n) is 2.20. The van der Waals surface area contributed by atoms with E-state index in [0.717, 1.165) is 18.7 Å². The van der Waals surface area contributed by atoms with Crippen molar-refractivity contribution in [2.75, 3.05) is 6.61 Å². The summed E-state index contributed by atoms with van der Waals surface area (Å²) in [6.45, 7) is 7.59. The van der Waals surface area contributed by atoms with Crippen molar-refractivity contribution in [2.24, 2.45) is 0 Å². The van der Waals surface area contributed by atoms with Crippen molar-refractivity contribution in [2.45, 2.75) is 33.7 Å². The van der Waals surface area contributed by atoms with E-state index in [9.17, 15) is 5.11 Å². The second-order valence-electron chi connectivity index (χ2n) is 3.25. The molecule has 0 atom stereocenters. The number of rotatable bonds is 4. The molecular formula is C11H18NO2+. The second-order valence-corrected chi connectivity index (χ2v) is 3.25. The monoisotopic (exact) mass is 196 g/mol. The van der Waals surface area contributed by atoms with Crippen LogP contribution in [0.5, 0.6) is 11.5 Å². The average Bonchev–Trinajstić information content (AvgIpc) is 2.18. The molecule has 0 aliphatic heterocycles. The van der Waals surface area contributed by atoms with Crippen LogP contribution in [-0.4, -0.2) is 11.7 Å². The first-order valence-electron chi connectivity index (χ1n) is 5.05. The Morgan fingerprint density at radius 2 is 2.14 bits per heavy atom. The van der Waals surface area contributed by atoms with Crippen LogP contribution in [0.1, 0.15) is 26.0 Å². The third-order valence-corrected chi connectivity index (χ3v) is 2.20. The molecule has 0 unspecified atom stereocenters. The zero-order valence-corrected chi connectivity index (χ0v) is 9.08. The first kappa shape index (κ1) is 10.8. The summed E-state index contributed by atoms with van der Waals surface area (Å²) in [5, 5.41) is 9.60. The summed E-state index contributed by atoms with van der Waals surface area (Å²) >= 11 is 0. The molecule has 0 bridgehead atoms. The maximum Gasteiger partial charge on any atom is 0.228 e. The number of hydrogen-bond acceptors (Lipinski definition) is 2. The Kier molecular flexibility index (Phi) is 3.74. The van der Waals surface area contributed by atoms with E-state index in [0.29, 0.717) is 12.4 Å². The van der Waals surface area contributed by atoms with Gasteiger partial charge in [-0.05, 0) is 13.3 Å². The zero-order chi connectivity index (χ0) is 10.6. The summed E-state index contributed by atoms with van der Waals surface area (Å²) < 4.78 is 7.53. The fourth-order valence-corrected chi connectivity index (χ4v) is 1.39. The van der Waals surface area contributed by atoms with E-state index in [-0.39, 0.29) is 5.75 Å². The summed E-state index contributed by atoms with van der Waals surface area (Å²) in [5.74, 6) is 0.830. The number of aromatic hydroxyl groups is 1. The van der Waals surface area contributed by atoms with Gasteiger partial charge >= 0.3 is 0 Å². The molecule has 0 fully saturated rings. The minimum absolute atomic E-state index is 0.223. The molecular weight excluding hydrogens is 178 g/mol. The van der Waals surface area contributed by atoms with Gasteiger partial charge in [0.05, 0.1) is 6.61 Å². The van der Waals surface area contributed by atoms with E-state index in [4.69, 9.17) is 4.74 Å². The Labute approximate surface area is 85.0 Å². The van der Waals surface area contributed by atoms with Gasteiger partial charge in [0.15, 0.2) is 11.9 Å². The summed E-state index contributed by atoms with van der Waals surface area (Å²) in [5.41, 5.74) is 0.973. The highest BCUT2D eigenvalue weighted by Crippen LogP contribution is 2.26. The van der Waals surface area contributed by atoms with Gasteiger partial charge in [0.25, 0.3) is 0 Å². The first-order chi connectivity index (χ1) is 6.70. The maximum absolute atomic E-state index is 9.60. The molecule has 1 rings (SSSR count). The number of pyridine rings is 1. The molecule has 3 heteroatoms. The molecule has 0 saturated carbocycles. The molecule has 0 aliphatic rings. The van der Waals surface area contributed by atoms with Gasteiger partial charge in [-0.2, -0.15) is 4.57 Å². The highest BCUT2D eigenvalue weighted by molar-refractivity contribution is 5.38. The summed E-state index contributed by atoms with van der Waals surface area (Å²) in [6, 6.07) is 1.67. The molecule has 0 radical (unpaired) electrons. The molecule has 0 aliphatic carbocycles. The minimum atomic E-state index is 0.223. The van der Waals surface area contributed by atoms with Gasteiger partial charge in [-0.1, -0.05) is 6.92 Å². The van der Waals surface area contributed by atoms with Crippen molar-refractivity contribution in [1.82, 2.24) is 0 Å². The molecule has 0 aromatic carbocycles. The lowest BCUT2D eigenvalue weighted by molar-refractivity contribution is -0.699. The fourth-order valence-electron chi connectivity index (χ4n) is 1.39. The Bertz CT molecular complexity index is 310. The molecule has 1 aromatic rings. The van der Waals surface area contributed by atoms with Crippen LogP contribution in [0.15, 0.2) is 12.3 Å². The van der Waals surface area contributed by atoms with Crippen molar-refractivity contribution >= 4 is 0 Å². The van der Waals surface area contributed by atoms with Crippen molar-refractivity contribution in [1.29, 1.82) is 0 Å². The predicted octanol–water partition coefficient (Wildman–Crippen LogP) is 1.80. The van der Waals surface area contributed by atoms with Gasteiger partial charge in [-0.3, -0.25) is 0 Å². The molecule has 1 heterocycles. The Morgan fingerprint density at radius 3 is 2.71 bits per heavy atom. The Morgan fingerprint density at radius 1 is 1.43 bits per heavy atom. The van der Waals surface area contributed by atoms with Crippen LogP contribution in [0.2, 0.25) is 0 Å². The Balaban J connectivity index is 2.99. The highest BCUT2D eigenvalue weighted by atomic mass is 16.5. The zero-order valence-electron chi connectivity index (χ0n) is 9.08. The molecule has 78 valence electrons. The predicted molar refractivity (Wildman–Crippen MR) is 54.5 cm³/mol. The van der Waals surface area contributed by atoms with Gasteiger partial charge in [-0.25, -0.2) is 0 Å². The number of hydrogen-bond donors (Lipinski definition) is 1. The third kappa shape index (κ3) is 2.16. The van der Waals surface area contributed by atoms with E-state index in [1.165, 1.54) is 0 Å². The fraction of sp³-hybridized carbons (Fsp3) is 0.545. The topological polar surface area (TPSA) is 33.3 Å². The van der Waals surface area contributed by atoms with E-state index in [2.05, 4.69) is 6.92 Å². The smallest absolute Gasteiger partial charge is 0.228 e. The second kappa shape index (κ2) is 4.84. The summed E-state index contributed by atoms with van der Waals surface area (Å²) in [4.78, 5) is 0. The van der Waals surface area contributed by atoms with Crippen molar-refractivity contribution < 1.29 is 14.4 Å². The minimum Gasteiger partial charge on any atom is -0.504 e. The van der Waals surface area contributed by atoms with Crippen LogP contribution >= 0.6 is 0 Å². The maximum atomic E-state index is 9.60. The lowest BCUT2D eigenvalue weighted by Crippen LogP contribution is -2.35. The SMILES string of the molecule is CCCOc1c(O)cc[n+](CC)c1C. The van der Waals surface area contributed by atoms with Crippen LogP contribution in [0.4, 0.5) is 0 Å². The molecule has 0 spiro atoms. The molecule has 1 aromatic heterocycles. The van der Waals surface area contributed by atoms with Gasteiger partial charge in [0, 0.05) is 13.0 Å². The summed E-state index contributed by atoms with van der Waals surface area (Å²) in [6.07, 6.45) is 2.81. The van der Waals surface area contributed by atoms with Gasteiger partial charge in [-0.15, -0.1) is 0 Å². The van der Waals surface area contributed by atoms with Crippen molar-refractivity contribution in [3.8, 4) is 11.5 Å². The van der Waals surface area contributed by atoms with Crippen LogP contribution in [-0.2, 0) is 6.54 Å². The average molecular weight is 196 g/mol.